The van der Waals surface area contributed by atoms with Gasteiger partial charge in [0.2, 0.25) is 0 Å². The van der Waals surface area contributed by atoms with E-state index in [0.717, 1.165) is 39.6 Å². The van der Waals surface area contributed by atoms with Crippen LogP contribution in [0.3, 0.4) is 0 Å². The number of benzene rings is 1. The first kappa shape index (κ1) is 20.2. The summed E-state index contributed by atoms with van der Waals surface area (Å²) >= 11 is 1.64. The van der Waals surface area contributed by atoms with Gasteiger partial charge in [0, 0.05) is 11.8 Å². The van der Waals surface area contributed by atoms with E-state index in [2.05, 4.69) is 39.3 Å². The number of aromatic nitrogens is 5. The smallest absolute Gasteiger partial charge is 0.138 e. The minimum Gasteiger partial charge on any atom is -0.492 e. The molecule has 0 radical (unpaired) electrons. The number of unbranched alkanes of at least 4 members (excludes halogenated alkanes) is 2. The Kier molecular flexibility index (Phi) is 6.49. The molecular weight excluding hydrogens is 394 g/mol. The van der Waals surface area contributed by atoms with Crippen molar-refractivity contribution in [1.29, 1.82) is 0 Å². The third kappa shape index (κ3) is 4.57. The van der Waals surface area contributed by atoms with Crippen molar-refractivity contribution in [1.82, 2.24) is 25.0 Å². The van der Waals surface area contributed by atoms with Crippen LogP contribution in [0.4, 0.5) is 0 Å². The van der Waals surface area contributed by atoms with Crippen LogP contribution in [-0.2, 0) is 0 Å². The van der Waals surface area contributed by atoms with E-state index in [-0.39, 0.29) is 6.04 Å². The highest BCUT2D eigenvalue weighted by atomic mass is 32.1. The number of ether oxygens (including phenoxy) is 1. The molecule has 0 saturated heterocycles. The van der Waals surface area contributed by atoms with Crippen molar-refractivity contribution in [2.75, 3.05) is 6.61 Å². The van der Waals surface area contributed by atoms with Crippen LogP contribution in [0.15, 0.2) is 60.5 Å². The summed E-state index contributed by atoms with van der Waals surface area (Å²) in [4.78, 5) is 9.92. The van der Waals surface area contributed by atoms with Gasteiger partial charge in [0.25, 0.3) is 0 Å². The second kappa shape index (κ2) is 9.63. The lowest BCUT2D eigenvalue weighted by atomic mass is 10.0. The van der Waals surface area contributed by atoms with E-state index < -0.39 is 0 Å². The summed E-state index contributed by atoms with van der Waals surface area (Å²) in [5.41, 5.74) is 5.69. The fourth-order valence-electron chi connectivity index (χ4n) is 3.35. The summed E-state index contributed by atoms with van der Waals surface area (Å²) in [6.07, 6.45) is 8.89. The van der Waals surface area contributed by atoms with E-state index in [9.17, 15) is 0 Å². The summed E-state index contributed by atoms with van der Waals surface area (Å²) in [5, 5.41) is 8.88. The molecule has 3 aromatic heterocycles. The molecule has 0 spiro atoms. The maximum Gasteiger partial charge on any atom is 0.138 e. The van der Waals surface area contributed by atoms with E-state index in [0.29, 0.717) is 6.61 Å². The summed E-state index contributed by atoms with van der Waals surface area (Å²) < 4.78 is 7.75. The maximum atomic E-state index is 5.84. The molecule has 0 aliphatic heterocycles. The van der Waals surface area contributed by atoms with Crippen LogP contribution in [0.25, 0.3) is 11.3 Å². The summed E-state index contributed by atoms with van der Waals surface area (Å²) in [6, 6.07) is 12.2. The SMILES string of the molecule is CCCCCOc1cncc(-c2cn(C(c3ccccc3)c3scnc3C)nn2)c1. The minimum absolute atomic E-state index is 0.0682. The molecule has 6 nitrogen and oxygen atoms in total. The van der Waals surface area contributed by atoms with E-state index in [1.807, 2.05) is 47.6 Å². The van der Waals surface area contributed by atoms with Crippen molar-refractivity contribution < 1.29 is 4.74 Å². The number of rotatable bonds is 9. The molecule has 30 heavy (non-hydrogen) atoms. The molecule has 154 valence electrons. The zero-order chi connectivity index (χ0) is 20.8. The van der Waals surface area contributed by atoms with Gasteiger partial charge in [0.15, 0.2) is 0 Å². The predicted octanol–water partition coefficient (Wildman–Crippen LogP) is 5.31. The number of hydrogen-bond acceptors (Lipinski definition) is 6. The monoisotopic (exact) mass is 419 g/mol. The largest absolute Gasteiger partial charge is 0.492 e. The van der Waals surface area contributed by atoms with Gasteiger partial charge in [-0.3, -0.25) is 4.98 Å². The molecule has 1 aromatic carbocycles. The molecule has 0 fully saturated rings. The van der Waals surface area contributed by atoms with Crippen molar-refractivity contribution in [2.45, 2.75) is 39.2 Å². The van der Waals surface area contributed by atoms with Gasteiger partial charge in [-0.2, -0.15) is 0 Å². The fraction of sp³-hybridized carbons (Fsp3) is 0.304. The first-order chi connectivity index (χ1) is 14.8. The van der Waals surface area contributed by atoms with Crippen LogP contribution in [0.5, 0.6) is 5.75 Å². The van der Waals surface area contributed by atoms with Crippen LogP contribution in [0.1, 0.15) is 48.4 Å². The molecule has 0 saturated carbocycles. The first-order valence-corrected chi connectivity index (χ1v) is 11.1. The Morgan fingerprint density at radius 1 is 1.13 bits per heavy atom. The number of hydrogen-bond donors (Lipinski definition) is 0. The topological polar surface area (TPSA) is 65.7 Å². The molecule has 0 N–H and O–H groups in total. The molecule has 0 amide bonds. The molecule has 0 aliphatic carbocycles. The number of thiazole rings is 1. The second-order valence-electron chi connectivity index (χ2n) is 7.16. The van der Waals surface area contributed by atoms with Crippen LogP contribution in [0, 0.1) is 6.92 Å². The lowest BCUT2D eigenvalue weighted by Gasteiger charge is -2.16. The molecule has 1 atom stereocenters. The van der Waals surface area contributed by atoms with E-state index >= 15 is 0 Å². The van der Waals surface area contributed by atoms with Gasteiger partial charge in [-0.25, -0.2) is 9.67 Å². The minimum atomic E-state index is -0.0682. The normalized spacial score (nSPS) is 12.1. The van der Waals surface area contributed by atoms with Gasteiger partial charge in [-0.15, -0.1) is 16.4 Å². The third-order valence-corrected chi connectivity index (χ3v) is 5.93. The molecule has 3 heterocycles. The highest BCUT2D eigenvalue weighted by Gasteiger charge is 2.22. The Bertz CT molecular complexity index is 1080. The molecule has 0 aliphatic rings. The Morgan fingerprint density at radius 3 is 2.77 bits per heavy atom. The van der Waals surface area contributed by atoms with Crippen LogP contribution in [-0.4, -0.2) is 31.6 Å². The number of aryl methyl sites for hydroxylation is 1. The van der Waals surface area contributed by atoms with Crippen molar-refractivity contribution in [3.05, 3.63) is 76.6 Å². The Hall–Kier alpha value is -3.06. The third-order valence-electron chi connectivity index (χ3n) is 4.95. The maximum absolute atomic E-state index is 5.84. The van der Waals surface area contributed by atoms with Crippen molar-refractivity contribution in [3.63, 3.8) is 0 Å². The summed E-state index contributed by atoms with van der Waals surface area (Å²) in [5.74, 6) is 0.760. The van der Waals surface area contributed by atoms with Gasteiger partial charge < -0.3 is 4.74 Å². The average Bonchev–Trinajstić information content (AvgIpc) is 3.43. The van der Waals surface area contributed by atoms with Gasteiger partial charge in [-0.05, 0) is 25.0 Å². The zero-order valence-electron chi connectivity index (χ0n) is 17.2. The standard InChI is InChI=1S/C23H25N5OS/c1-3-4-8-11-29-20-12-19(13-24-14-20)21-15-28(27-26-21)22(18-9-6-5-7-10-18)23-17(2)25-16-30-23/h5-7,9-10,12-16,22H,3-4,8,11H2,1-2H3. The fourth-order valence-corrected chi connectivity index (χ4v) is 4.27. The first-order valence-electron chi connectivity index (χ1n) is 10.2. The molecule has 0 bridgehead atoms. The predicted molar refractivity (Wildman–Crippen MR) is 119 cm³/mol. The molecule has 4 aromatic rings. The lowest BCUT2D eigenvalue weighted by molar-refractivity contribution is 0.305. The molecule has 4 rings (SSSR count). The van der Waals surface area contributed by atoms with Crippen molar-refractivity contribution in [3.8, 4) is 17.0 Å². The highest BCUT2D eigenvalue weighted by Crippen LogP contribution is 2.32. The van der Waals surface area contributed by atoms with Crippen LogP contribution < -0.4 is 4.74 Å². The molecular formula is C23H25N5OS. The summed E-state index contributed by atoms with van der Waals surface area (Å²) in [7, 11) is 0. The van der Waals surface area contributed by atoms with Crippen LogP contribution in [0.2, 0.25) is 0 Å². The molecule has 1 unspecified atom stereocenters. The highest BCUT2D eigenvalue weighted by molar-refractivity contribution is 7.09. The Morgan fingerprint density at radius 2 is 2.00 bits per heavy atom. The zero-order valence-corrected chi connectivity index (χ0v) is 18.0. The van der Waals surface area contributed by atoms with Gasteiger partial charge in [0.05, 0.1) is 35.1 Å². The number of nitrogens with zero attached hydrogens (tertiary/aromatic N) is 5. The van der Waals surface area contributed by atoms with Crippen molar-refractivity contribution in [2.24, 2.45) is 0 Å². The Balaban J connectivity index is 1.61. The van der Waals surface area contributed by atoms with E-state index in [4.69, 9.17) is 4.74 Å². The molecule has 7 heteroatoms. The van der Waals surface area contributed by atoms with E-state index in [1.165, 1.54) is 12.8 Å². The van der Waals surface area contributed by atoms with Gasteiger partial charge in [-0.1, -0.05) is 55.3 Å². The summed E-state index contributed by atoms with van der Waals surface area (Å²) in [6.45, 7) is 4.91. The second-order valence-corrected chi connectivity index (χ2v) is 8.05. The number of pyridine rings is 1. The average molecular weight is 420 g/mol. The Labute approximate surface area is 180 Å². The van der Waals surface area contributed by atoms with E-state index in [1.54, 1.807) is 23.7 Å². The quantitative estimate of drug-likeness (QED) is 0.344. The van der Waals surface area contributed by atoms with Crippen LogP contribution >= 0.6 is 11.3 Å². The van der Waals surface area contributed by atoms with Gasteiger partial charge >= 0.3 is 0 Å². The van der Waals surface area contributed by atoms with Crippen molar-refractivity contribution >= 4 is 11.3 Å². The van der Waals surface area contributed by atoms with Gasteiger partial charge in [0.1, 0.15) is 17.5 Å². The lowest BCUT2D eigenvalue weighted by Crippen LogP contribution is -2.13.